The second-order valence-corrected chi connectivity index (χ2v) is 5.66. The first-order valence-corrected chi connectivity index (χ1v) is 8.09. The largest absolute Gasteiger partial charge is 0.495 e. The van der Waals surface area contributed by atoms with Crippen LogP contribution in [0.1, 0.15) is 11.1 Å². The van der Waals surface area contributed by atoms with Gasteiger partial charge in [0.15, 0.2) is 0 Å². The second kappa shape index (κ2) is 7.83. The highest BCUT2D eigenvalue weighted by molar-refractivity contribution is 5.77. The van der Waals surface area contributed by atoms with E-state index in [9.17, 15) is 8.78 Å². The molecule has 2 nitrogen and oxygen atoms in total. The monoisotopic (exact) mass is 352 g/mol. The summed E-state index contributed by atoms with van der Waals surface area (Å²) in [6, 6.07) is 17.5. The molecule has 0 aliphatic rings. The summed E-state index contributed by atoms with van der Waals surface area (Å²) in [6.07, 6.45) is 1.31. The quantitative estimate of drug-likeness (QED) is 0.553. The van der Waals surface area contributed by atoms with Crippen molar-refractivity contribution >= 4 is 6.08 Å². The lowest BCUT2D eigenvalue weighted by Gasteiger charge is -2.14. The van der Waals surface area contributed by atoms with Gasteiger partial charge in [-0.15, -0.1) is 0 Å². The van der Waals surface area contributed by atoms with Gasteiger partial charge in [-0.2, -0.15) is 0 Å². The molecule has 3 aromatic carbocycles. The van der Waals surface area contributed by atoms with E-state index >= 15 is 0 Å². The van der Waals surface area contributed by atoms with Gasteiger partial charge in [-0.3, -0.25) is 0 Å². The molecule has 3 aromatic rings. The molecule has 0 heterocycles. The van der Waals surface area contributed by atoms with E-state index in [0.29, 0.717) is 17.9 Å². The normalized spacial score (nSPS) is 10.4. The molecule has 3 rings (SSSR count). The summed E-state index contributed by atoms with van der Waals surface area (Å²) in [5.41, 5.74) is 1.94. The fourth-order valence-corrected chi connectivity index (χ4v) is 2.74. The molecule has 0 atom stereocenters. The first-order chi connectivity index (χ1) is 12.6. The lowest BCUT2D eigenvalue weighted by atomic mass is 10.00. The Morgan fingerprint density at radius 1 is 0.962 bits per heavy atom. The molecule has 0 N–H and O–H groups in total. The van der Waals surface area contributed by atoms with E-state index in [1.165, 1.54) is 13.2 Å². The Labute approximate surface area is 151 Å². The fraction of sp³-hybridized carbons (Fsp3) is 0.0909. The maximum Gasteiger partial charge on any atom is 0.139 e. The van der Waals surface area contributed by atoms with Crippen molar-refractivity contribution in [2.45, 2.75) is 6.61 Å². The van der Waals surface area contributed by atoms with Crippen molar-refractivity contribution in [1.82, 2.24) is 0 Å². The van der Waals surface area contributed by atoms with Crippen molar-refractivity contribution in [3.8, 4) is 22.6 Å². The predicted octanol–water partition coefficient (Wildman–Crippen LogP) is 5.86. The molecule has 0 fully saturated rings. The lowest BCUT2D eigenvalue weighted by molar-refractivity contribution is 0.306. The molecule has 26 heavy (non-hydrogen) atoms. The zero-order chi connectivity index (χ0) is 18.5. The molecule has 0 saturated carbocycles. The molecule has 132 valence electrons. The van der Waals surface area contributed by atoms with Gasteiger partial charge in [0, 0.05) is 6.07 Å². The van der Waals surface area contributed by atoms with Crippen LogP contribution in [-0.4, -0.2) is 7.11 Å². The Morgan fingerprint density at radius 3 is 2.27 bits per heavy atom. The van der Waals surface area contributed by atoms with Crippen molar-refractivity contribution < 1.29 is 18.3 Å². The highest BCUT2D eigenvalue weighted by atomic mass is 19.1. The minimum absolute atomic E-state index is 0.121. The van der Waals surface area contributed by atoms with Crippen LogP contribution in [0.25, 0.3) is 17.2 Å². The summed E-state index contributed by atoms with van der Waals surface area (Å²) >= 11 is 0. The van der Waals surface area contributed by atoms with E-state index in [4.69, 9.17) is 9.47 Å². The van der Waals surface area contributed by atoms with Crippen molar-refractivity contribution in [2.75, 3.05) is 7.11 Å². The van der Waals surface area contributed by atoms with Gasteiger partial charge in [0.1, 0.15) is 29.7 Å². The van der Waals surface area contributed by atoms with Gasteiger partial charge in [0.2, 0.25) is 0 Å². The van der Waals surface area contributed by atoms with E-state index < -0.39 is 11.6 Å². The Morgan fingerprint density at radius 2 is 1.65 bits per heavy atom. The zero-order valence-corrected chi connectivity index (χ0v) is 14.3. The number of hydrogen-bond acceptors (Lipinski definition) is 2. The van der Waals surface area contributed by atoms with Crippen LogP contribution >= 0.6 is 0 Å². The van der Waals surface area contributed by atoms with Crippen molar-refractivity contribution in [2.24, 2.45) is 0 Å². The van der Waals surface area contributed by atoms with E-state index in [0.717, 1.165) is 11.6 Å². The summed E-state index contributed by atoms with van der Waals surface area (Å²) in [5, 5.41) is 0. The third-order valence-electron chi connectivity index (χ3n) is 4.02. The third-order valence-corrected chi connectivity index (χ3v) is 4.02. The average Bonchev–Trinajstić information content (AvgIpc) is 2.67. The van der Waals surface area contributed by atoms with Gasteiger partial charge < -0.3 is 9.47 Å². The molecule has 0 aromatic heterocycles. The Hall–Kier alpha value is -3.14. The molecule has 0 radical (unpaired) electrons. The average molecular weight is 352 g/mol. The smallest absolute Gasteiger partial charge is 0.139 e. The Balaban J connectivity index is 1.88. The van der Waals surface area contributed by atoms with Crippen LogP contribution in [0.5, 0.6) is 11.5 Å². The highest BCUT2D eigenvalue weighted by Crippen LogP contribution is 2.38. The Bertz CT molecular complexity index is 904. The van der Waals surface area contributed by atoms with E-state index in [2.05, 4.69) is 6.58 Å². The number of benzene rings is 3. The topological polar surface area (TPSA) is 18.5 Å². The van der Waals surface area contributed by atoms with E-state index in [1.54, 1.807) is 24.3 Å². The maximum absolute atomic E-state index is 14.4. The van der Waals surface area contributed by atoms with Gasteiger partial charge in [-0.05, 0) is 23.3 Å². The van der Waals surface area contributed by atoms with Crippen LogP contribution in [0.2, 0.25) is 0 Å². The summed E-state index contributed by atoms with van der Waals surface area (Å²) in [4.78, 5) is 0. The number of rotatable bonds is 6. The molecule has 0 aliphatic carbocycles. The third kappa shape index (κ3) is 3.59. The number of methoxy groups -OCH3 is 1. The summed E-state index contributed by atoms with van der Waals surface area (Å²) in [7, 11) is 1.38. The van der Waals surface area contributed by atoms with Crippen LogP contribution in [0.3, 0.4) is 0 Å². The van der Waals surface area contributed by atoms with Crippen LogP contribution in [0.15, 0.2) is 67.2 Å². The van der Waals surface area contributed by atoms with Gasteiger partial charge in [0.05, 0.1) is 18.2 Å². The number of ether oxygens (including phenoxy) is 2. The fourth-order valence-electron chi connectivity index (χ4n) is 2.74. The maximum atomic E-state index is 14.4. The van der Waals surface area contributed by atoms with Crippen molar-refractivity contribution in [3.05, 3.63) is 90.0 Å². The summed E-state index contributed by atoms with van der Waals surface area (Å²) in [6.45, 7) is 4.01. The molecule has 0 unspecified atom stereocenters. The summed E-state index contributed by atoms with van der Waals surface area (Å²) < 4.78 is 39.3. The van der Waals surface area contributed by atoms with Crippen LogP contribution in [0, 0.1) is 11.6 Å². The molecule has 0 spiro atoms. The van der Waals surface area contributed by atoms with Crippen molar-refractivity contribution in [1.29, 1.82) is 0 Å². The Kier molecular flexibility index (Phi) is 5.32. The zero-order valence-electron chi connectivity index (χ0n) is 14.3. The van der Waals surface area contributed by atoms with Gasteiger partial charge >= 0.3 is 0 Å². The first kappa shape index (κ1) is 17.7. The minimum atomic E-state index is -0.707. The highest BCUT2D eigenvalue weighted by Gasteiger charge is 2.19. The van der Waals surface area contributed by atoms with Gasteiger partial charge in [0.25, 0.3) is 0 Å². The SMILES string of the molecule is C=Cc1c(F)cc(F)c(-c2ccc(OCc3ccccc3)cc2)c1OC. The van der Waals surface area contributed by atoms with Crippen LogP contribution in [0.4, 0.5) is 8.78 Å². The number of hydrogen-bond donors (Lipinski definition) is 0. The van der Waals surface area contributed by atoms with Crippen LogP contribution in [-0.2, 0) is 6.61 Å². The molecular weight excluding hydrogens is 334 g/mol. The van der Waals surface area contributed by atoms with E-state index in [-0.39, 0.29) is 16.9 Å². The van der Waals surface area contributed by atoms with E-state index in [1.807, 2.05) is 30.3 Å². The number of halogens is 2. The predicted molar refractivity (Wildman–Crippen MR) is 99.2 cm³/mol. The second-order valence-electron chi connectivity index (χ2n) is 5.66. The standard InChI is InChI=1S/C22H18F2O2/c1-3-18-19(23)13-20(24)21(22(18)25-2)16-9-11-17(12-10-16)26-14-15-7-5-4-6-8-15/h3-13H,1,14H2,2H3. The molecule has 0 aliphatic heterocycles. The lowest BCUT2D eigenvalue weighted by Crippen LogP contribution is -1.99. The van der Waals surface area contributed by atoms with Crippen LogP contribution < -0.4 is 9.47 Å². The molecule has 4 heteroatoms. The molecular formula is C22H18F2O2. The molecule has 0 saturated heterocycles. The minimum Gasteiger partial charge on any atom is -0.495 e. The van der Waals surface area contributed by atoms with Crippen molar-refractivity contribution in [3.63, 3.8) is 0 Å². The van der Waals surface area contributed by atoms with Gasteiger partial charge in [-0.1, -0.05) is 55.1 Å². The first-order valence-electron chi connectivity index (χ1n) is 8.09. The molecule has 0 bridgehead atoms. The molecule has 0 amide bonds. The summed E-state index contributed by atoms with van der Waals surface area (Å²) in [5.74, 6) is -0.623. The van der Waals surface area contributed by atoms with Gasteiger partial charge in [-0.25, -0.2) is 8.78 Å².